The molecular formula is C26H35N3O2. The molecule has 2 aromatic rings. The van der Waals surface area contributed by atoms with Crippen molar-refractivity contribution >= 4 is 11.9 Å². The van der Waals surface area contributed by atoms with Crippen molar-refractivity contribution in [3.63, 3.8) is 0 Å². The highest BCUT2D eigenvalue weighted by atomic mass is 16.2. The Hall–Kier alpha value is -2.66. The maximum absolute atomic E-state index is 13.8. The van der Waals surface area contributed by atoms with E-state index in [1.54, 1.807) is 0 Å². The van der Waals surface area contributed by atoms with Gasteiger partial charge >= 0.3 is 6.03 Å². The third-order valence-corrected chi connectivity index (χ3v) is 5.53. The Bertz CT molecular complexity index is 813. The van der Waals surface area contributed by atoms with Crippen molar-refractivity contribution in [2.24, 2.45) is 11.8 Å². The summed E-state index contributed by atoms with van der Waals surface area (Å²) >= 11 is 0. The lowest BCUT2D eigenvalue weighted by Gasteiger charge is -2.31. The number of nitrogens with one attached hydrogen (secondary N) is 1. The van der Waals surface area contributed by atoms with E-state index in [-0.39, 0.29) is 11.9 Å². The quantitative estimate of drug-likeness (QED) is 0.581. The van der Waals surface area contributed by atoms with Crippen LogP contribution in [0.5, 0.6) is 0 Å². The first-order chi connectivity index (χ1) is 14.8. The molecular weight excluding hydrogens is 386 g/mol. The van der Waals surface area contributed by atoms with Gasteiger partial charge < -0.3 is 5.32 Å². The summed E-state index contributed by atoms with van der Waals surface area (Å²) in [7, 11) is 0. The Morgan fingerprint density at radius 2 is 1.26 bits per heavy atom. The summed E-state index contributed by atoms with van der Waals surface area (Å²) in [4.78, 5) is 30.5. The Morgan fingerprint density at radius 3 is 1.68 bits per heavy atom. The molecule has 1 saturated heterocycles. The monoisotopic (exact) mass is 421 g/mol. The fraction of sp³-hybridized carbons (Fsp3) is 0.462. The van der Waals surface area contributed by atoms with E-state index in [0.717, 1.165) is 24.2 Å². The second-order valence-electron chi connectivity index (χ2n) is 9.54. The average Bonchev–Trinajstić information content (AvgIpc) is 2.92. The molecule has 0 aromatic heterocycles. The lowest BCUT2D eigenvalue weighted by molar-refractivity contribution is -0.133. The highest BCUT2D eigenvalue weighted by Crippen LogP contribution is 2.27. The molecule has 2 aromatic carbocycles. The molecule has 0 radical (unpaired) electrons. The number of carbonyl (C=O) groups excluding carboxylic acids is 2. The molecule has 5 nitrogen and oxygen atoms in total. The lowest BCUT2D eigenvalue weighted by atomic mass is 9.84. The summed E-state index contributed by atoms with van der Waals surface area (Å²) < 4.78 is 0. The zero-order chi connectivity index (χ0) is 22.4. The smallest absolute Gasteiger partial charge is 0.322 e. The first kappa shape index (κ1) is 23.0. The van der Waals surface area contributed by atoms with Crippen LogP contribution >= 0.6 is 0 Å². The fourth-order valence-corrected chi connectivity index (χ4v) is 4.42. The molecule has 0 unspecified atom stereocenters. The molecule has 5 heteroatoms. The van der Waals surface area contributed by atoms with E-state index in [1.807, 2.05) is 60.7 Å². The number of nitrogens with zero attached hydrogens (tertiary/aromatic N) is 2. The number of hydrogen-bond donors (Lipinski definition) is 1. The summed E-state index contributed by atoms with van der Waals surface area (Å²) in [5.41, 5.74) is 1.10. The van der Waals surface area contributed by atoms with Gasteiger partial charge in [-0.2, -0.15) is 0 Å². The molecule has 0 spiro atoms. The fourth-order valence-electron chi connectivity index (χ4n) is 4.42. The van der Waals surface area contributed by atoms with E-state index in [4.69, 9.17) is 0 Å². The summed E-state index contributed by atoms with van der Waals surface area (Å²) in [6, 6.07) is 19.6. The van der Waals surface area contributed by atoms with Gasteiger partial charge in [-0.25, -0.2) is 9.69 Å². The van der Waals surface area contributed by atoms with E-state index in [0.29, 0.717) is 31.3 Å². The molecule has 1 aliphatic heterocycles. The van der Waals surface area contributed by atoms with Crippen LogP contribution in [0, 0.1) is 11.8 Å². The van der Waals surface area contributed by atoms with Gasteiger partial charge in [-0.3, -0.25) is 9.69 Å². The predicted molar refractivity (Wildman–Crippen MR) is 125 cm³/mol. The summed E-state index contributed by atoms with van der Waals surface area (Å²) in [5, 5.41) is 3.09. The molecule has 31 heavy (non-hydrogen) atoms. The topological polar surface area (TPSA) is 52.6 Å². The van der Waals surface area contributed by atoms with Crippen molar-refractivity contribution < 1.29 is 9.59 Å². The van der Waals surface area contributed by atoms with Crippen LogP contribution in [0.3, 0.4) is 0 Å². The van der Waals surface area contributed by atoms with Crippen molar-refractivity contribution in [3.05, 3.63) is 71.8 Å². The van der Waals surface area contributed by atoms with E-state index in [9.17, 15) is 9.59 Å². The Kier molecular flexibility index (Phi) is 7.50. The molecule has 1 fully saturated rings. The normalized spacial score (nSPS) is 15.9. The SMILES string of the molecule is CC(C)CN(CC(C)C)CN1C(=O)NC(Cc2ccccc2)(Cc2ccccc2)C1=O. The largest absolute Gasteiger partial charge is 0.326 e. The van der Waals surface area contributed by atoms with Gasteiger partial charge in [0.1, 0.15) is 5.54 Å². The van der Waals surface area contributed by atoms with Gasteiger partial charge in [0.2, 0.25) is 0 Å². The second kappa shape index (κ2) is 10.1. The third-order valence-electron chi connectivity index (χ3n) is 5.53. The van der Waals surface area contributed by atoms with Crippen molar-refractivity contribution in [1.29, 1.82) is 0 Å². The van der Waals surface area contributed by atoms with Crippen LogP contribution in [-0.4, -0.2) is 47.0 Å². The second-order valence-corrected chi connectivity index (χ2v) is 9.54. The first-order valence-corrected chi connectivity index (χ1v) is 11.2. The molecule has 0 aliphatic carbocycles. The summed E-state index contributed by atoms with van der Waals surface area (Å²) in [6.45, 7) is 10.7. The Morgan fingerprint density at radius 1 is 0.806 bits per heavy atom. The highest BCUT2D eigenvalue weighted by molar-refractivity contribution is 6.07. The van der Waals surface area contributed by atoms with Gasteiger partial charge in [0.15, 0.2) is 0 Å². The predicted octanol–water partition coefficient (Wildman–Crippen LogP) is 4.33. The summed E-state index contributed by atoms with van der Waals surface area (Å²) in [6.07, 6.45) is 0.941. The molecule has 3 amide bonds. The molecule has 1 aliphatic rings. The van der Waals surface area contributed by atoms with E-state index < -0.39 is 5.54 Å². The minimum atomic E-state index is -0.971. The van der Waals surface area contributed by atoms with Crippen molar-refractivity contribution in [1.82, 2.24) is 15.1 Å². The van der Waals surface area contributed by atoms with Crippen LogP contribution in [0.25, 0.3) is 0 Å². The number of carbonyl (C=O) groups is 2. The number of amides is 3. The van der Waals surface area contributed by atoms with Crippen LogP contribution in [-0.2, 0) is 17.6 Å². The molecule has 0 saturated carbocycles. The molecule has 1 heterocycles. The number of benzene rings is 2. The van der Waals surface area contributed by atoms with Crippen LogP contribution in [0.15, 0.2) is 60.7 Å². The van der Waals surface area contributed by atoms with Crippen LogP contribution in [0.4, 0.5) is 4.79 Å². The molecule has 1 N–H and O–H groups in total. The van der Waals surface area contributed by atoms with E-state index in [2.05, 4.69) is 37.9 Å². The number of imide groups is 1. The van der Waals surface area contributed by atoms with Gasteiger partial charge in [0, 0.05) is 25.9 Å². The van der Waals surface area contributed by atoms with Crippen molar-refractivity contribution in [3.8, 4) is 0 Å². The molecule has 166 valence electrons. The lowest BCUT2D eigenvalue weighted by Crippen LogP contribution is -2.51. The third kappa shape index (κ3) is 5.95. The van der Waals surface area contributed by atoms with Gasteiger partial charge in [-0.15, -0.1) is 0 Å². The highest BCUT2D eigenvalue weighted by Gasteiger charge is 2.51. The zero-order valence-electron chi connectivity index (χ0n) is 19.2. The minimum absolute atomic E-state index is 0.136. The molecule has 3 rings (SSSR count). The Labute approximate surface area is 186 Å². The molecule has 0 atom stereocenters. The number of rotatable bonds is 10. The van der Waals surface area contributed by atoms with E-state index >= 15 is 0 Å². The van der Waals surface area contributed by atoms with Crippen molar-refractivity contribution in [2.75, 3.05) is 19.8 Å². The van der Waals surface area contributed by atoms with Gasteiger partial charge in [0.25, 0.3) is 5.91 Å². The van der Waals surface area contributed by atoms with Gasteiger partial charge in [0.05, 0.1) is 6.67 Å². The Balaban J connectivity index is 1.88. The maximum atomic E-state index is 13.8. The van der Waals surface area contributed by atoms with Crippen LogP contribution in [0.2, 0.25) is 0 Å². The van der Waals surface area contributed by atoms with E-state index in [1.165, 1.54) is 4.90 Å². The van der Waals surface area contributed by atoms with Crippen LogP contribution in [0.1, 0.15) is 38.8 Å². The van der Waals surface area contributed by atoms with Crippen molar-refractivity contribution in [2.45, 2.75) is 46.1 Å². The van der Waals surface area contributed by atoms with Crippen LogP contribution < -0.4 is 5.32 Å². The standard InChI is InChI=1S/C26H35N3O2/c1-20(2)17-28(18-21(3)4)19-29-24(30)26(27-25(29)31,15-22-11-7-5-8-12-22)16-23-13-9-6-10-14-23/h5-14,20-21H,15-19H2,1-4H3,(H,27,31). The first-order valence-electron chi connectivity index (χ1n) is 11.2. The maximum Gasteiger partial charge on any atom is 0.326 e. The summed E-state index contributed by atoms with van der Waals surface area (Å²) in [5.74, 6) is 0.776. The minimum Gasteiger partial charge on any atom is -0.322 e. The zero-order valence-corrected chi connectivity index (χ0v) is 19.2. The number of urea groups is 1. The average molecular weight is 422 g/mol. The van der Waals surface area contributed by atoms with Gasteiger partial charge in [-0.05, 0) is 23.0 Å². The van der Waals surface area contributed by atoms with Gasteiger partial charge in [-0.1, -0.05) is 88.4 Å². The molecule has 0 bridgehead atoms. The number of hydrogen-bond acceptors (Lipinski definition) is 3.